The van der Waals surface area contributed by atoms with E-state index in [4.69, 9.17) is 4.74 Å². The average molecular weight is 816 g/mol. The van der Waals surface area contributed by atoms with Gasteiger partial charge in [0.2, 0.25) is 5.91 Å². The summed E-state index contributed by atoms with van der Waals surface area (Å²) < 4.78 is 5.90. The number of esters is 1. The van der Waals surface area contributed by atoms with E-state index < -0.39 is 18.2 Å². The van der Waals surface area contributed by atoms with Crippen LogP contribution in [-0.2, 0) is 14.3 Å². The van der Waals surface area contributed by atoms with Crippen LogP contribution in [0.25, 0.3) is 0 Å². The number of amides is 1. The van der Waals surface area contributed by atoms with Gasteiger partial charge in [0, 0.05) is 6.42 Å². The number of rotatable bonds is 45. The molecule has 0 saturated heterocycles. The van der Waals surface area contributed by atoms with E-state index in [0.29, 0.717) is 19.3 Å². The molecule has 0 aliphatic carbocycles. The van der Waals surface area contributed by atoms with Gasteiger partial charge in [0.15, 0.2) is 0 Å². The first-order chi connectivity index (χ1) is 28.5. The fourth-order valence-electron chi connectivity index (χ4n) is 7.73. The molecule has 0 bridgehead atoms. The normalized spacial score (nSPS) is 13.5. The second-order valence-electron chi connectivity index (χ2n) is 17.3. The molecule has 0 heterocycles. The van der Waals surface area contributed by atoms with Gasteiger partial charge in [-0.1, -0.05) is 237 Å². The van der Waals surface area contributed by atoms with Gasteiger partial charge in [-0.25, -0.2) is 0 Å². The standard InChI is InChI=1S/C52H97NO5/c1-4-7-10-13-16-19-22-24-26-29-32-35-38-41-44-50(55)49(47-54)53-51(56)46-48(43-40-37-34-31-28-21-18-15-12-9-6-3)58-52(57)45-42-39-36-33-30-27-25-23-20-17-14-11-8-5-2/h9,12,15,18,21,28,48-50,54-55H,4-8,10-11,13-14,16-17,19-20,22-27,29-47H2,1-3H3,(H,53,56)/b12-9+,18-15+,28-21-. The molecule has 340 valence electrons. The van der Waals surface area contributed by atoms with Crippen LogP contribution in [-0.4, -0.2) is 46.9 Å². The van der Waals surface area contributed by atoms with Crippen molar-refractivity contribution in [3.8, 4) is 0 Å². The summed E-state index contributed by atoms with van der Waals surface area (Å²) in [5.41, 5.74) is 0. The van der Waals surface area contributed by atoms with E-state index in [1.54, 1.807) is 0 Å². The highest BCUT2D eigenvalue weighted by atomic mass is 16.5. The molecule has 3 atom stereocenters. The molecule has 0 fully saturated rings. The van der Waals surface area contributed by atoms with Crippen LogP contribution in [0, 0.1) is 0 Å². The van der Waals surface area contributed by atoms with Gasteiger partial charge in [-0.2, -0.15) is 0 Å². The Kier molecular flexibility index (Phi) is 44.6. The molecule has 0 aromatic carbocycles. The first-order valence-corrected chi connectivity index (χ1v) is 25.2. The number of carbonyl (C=O) groups is 2. The van der Waals surface area contributed by atoms with E-state index in [9.17, 15) is 19.8 Å². The number of allylic oxidation sites excluding steroid dienone is 6. The smallest absolute Gasteiger partial charge is 0.306 e. The lowest BCUT2D eigenvalue weighted by Crippen LogP contribution is -2.46. The van der Waals surface area contributed by atoms with Gasteiger partial charge in [-0.05, 0) is 44.9 Å². The van der Waals surface area contributed by atoms with Gasteiger partial charge in [-0.3, -0.25) is 9.59 Å². The van der Waals surface area contributed by atoms with Gasteiger partial charge >= 0.3 is 5.97 Å². The molecule has 0 aromatic rings. The Morgan fingerprint density at radius 2 is 0.931 bits per heavy atom. The van der Waals surface area contributed by atoms with Crippen LogP contribution in [0.4, 0.5) is 0 Å². The van der Waals surface area contributed by atoms with Gasteiger partial charge < -0.3 is 20.3 Å². The van der Waals surface area contributed by atoms with E-state index in [2.05, 4.69) is 56.5 Å². The molecule has 0 aliphatic rings. The Balaban J connectivity index is 4.54. The number of hydrogen-bond donors (Lipinski definition) is 3. The zero-order valence-corrected chi connectivity index (χ0v) is 38.7. The Morgan fingerprint density at radius 1 is 0.517 bits per heavy atom. The number of hydrogen-bond acceptors (Lipinski definition) is 5. The largest absolute Gasteiger partial charge is 0.462 e. The summed E-state index contributed by atoms with van der Waals surface area (Å²) >= 11 is 0. The maximum absolute atomic E-state index is 13.2. The Morgan fingerprint density at radius 3 is 1.40 bits per heavy atom. The first-order valence-electron chi connectivity index (χ1n) is 25.2. The highest BCUT2D eigenvalue weighted by molar-refractivity contribution is 5.77. The molecule has 6 nitrogen and oxygen atoms in total. The lowest BCUT2D eigenvalue weighted by molar-refractivity contribution is -0.151. The molecule has 0 aromatic heterocycles. The van der Waals surface area contributed by atoms with Crippen LogP contribution in [0.5, 0.6) is 0 Å². The van der Waals surface area contributed by atoms with Crippen LogP contribution < -0.4 is 5.32 Å². The SMILES string of the molecule is CC/C=C/C=C/C=C\CCCCCC(CC(=O)NC(CO)C(O)CCCCCCCCCCCCCCCC)OC(=O)CCCCCCCCCCCCCCCC. The minimum Gasteiger partial charge on any atom is -0.462 e. The molecule has 0 spiro atoms. The Bertz CT molecular complexity index is 961. The highest BCUT2D eigenvalue weighted by Crippen LogP contribution is 2.18. The lowest BCUT2D eigenvalue weighted by atomic mass is 10.0. The molecule has 3 unspecified atom stereocenters. The van der Waals surface area contributed by atoms with E-state index in [1.165, 1.54) is 141 Å². The van der Waals surface area contributed by atoms with Crippen molar-refractivity contribution < 1.29 is 24.5 Å². The number of carbonyl (C=O) groups excluding carboxylic acids is 2. The summed E-state index contributed by atoms with van der Waals surface area (Å²) in [5, 5.41) is 23.7. The third-order valence-corrected chi connectivity index (χ3v) is 11.5. The Hall–Kier alpha value is -1.92. The molecule has 0 rings (SSSR count). The minimum absolute atomic E-state index is 0.0581. The number of nitrogens with one attached hydrogen (secondary N) is 1. The summed E-state index contributed by atoms with van der Waals surface area (Å²) in [6.45, 7) is 6.35. The van der Waals surface area contributed by atoms with Crippen LogP contribution in [0.1, 0.15) is 258 Å². The maximum atomic E-state index is 13.2. The lowest BCUT2D eigenvalue weighted by Gasteiger charge is -2.24. The molecular formula is C52H97NO5. The highest BCUT2D eigenvalue weighted by Gasteiger charge is 2.24. The first kappa shape index (κ1) is 56.1. The van der Waals surface area contributed by atoms with Crippen molar-refractivity contribution in [1.29, 1.82) is 0 Å². The predicted octanol–water partition coefficient (Wildman–Crippen LogP) is 14.9. The predicted molar refractivity (Wildman–Crippen MR) is 250 cm³/mol. The summed E-state index contributed by atoms with van der Waals surface area (Å²) in [5.74, 6) is -0.500. The molecule has 0 radical (unpaired) electrons. The van der Waals surface area contributed by atoms with Crippen LogP contribution in [0.15, 0.2) is 36.5 Å². The van der Waals surface area contributed by atoms with Crippen molar-refractivity contribution in [2.45, 2.75) is 277 Å². The van der Waals surface area contributed by atoms with Gasteiger partial charge in [-0.15, -0.1) is 0 Å². The van der Waals surface area contributed by atoms with E-state index in [0.717, 1.165) is 70.6 Å². The monoisotopic (exact) mass is 816 g/mol. The van der Waals surface area contributed by atoms with E-state index in [1.807, 2.05) is 6.08 Å². The summed E-state index contributed by atoms with van der Waals surface area (Å²) in [6.07, 6.45) is 53.5. The van der Waals surface area contributed by atoms with E-state index >= 15 is 0 Å². The zero-order valence-electron chi connectivity index (χ0n) is 38.7. The minimum atomic E-state index is -0.793. The molecule has 0 aliphatic heterocycles. The second kappa shape index (κ2) is 46.2. The third-order valence-electron chi connectivity index (χ3n) is 11.5. The quantitative estimate of drug-likeness (QED) is 0.0323. The molecule has 58 heavy (non-hydrogen) atoms. The van der Waals surface area contributed by atoms with Crippen LogP contribution in [0.3, 0.4) is 0 Å². The number of ether oxygens (including phenoxy) is 1. The fraction of sp³-hybridized carbons (Fsp3) is 0.846. The molecular weight excluding hydrogens is 719 g/mol. The topological polar surface area (TPSA) is 95.9 Å². The van der Waals surface area contributed by atoms with Crippen molar-refractivity contribution in [1.82, 2.24) is 5.32 Å². The molecule has 3 N–H and O–H groups in total. The molecule has 0 saturated carbocycles. The second-order valence-corrected chi connectivity index (χ2v) is 17.3. The molecule has 1 amide bonds. The van der Waals surface area contributed by atoms with Gasteiger partial charge in [0.25, 0.3) is 0 Å². The van der Waals surface area contributed by atoms with E-state index in [-0.39, 0.29) is 24.9 Å². The van der Waals surface area contributed by atoms with Gasteiger partial charge in [0.1, 0.15) is 6.10 Å². The molecule has 6 heteroatoms. The number of unbranched alkanes of at least 4 members (excludes halogenated alkanes) is 29. The fourth-order valence-corrected chi connectivity index (χ4v) is 7.73. The average Bonchev–Trinajstić information content (AvgIpc) is 3.22. The van der Waals surface area contributed by atoms with Crippen molar-refractivity contribution >= 4 is 11.9 Å². The maximum Gasteiger partial charge on any atom is 0.306 e. The summed E-state index contributed by atoms with van der Waals surface area (Å²) in [7, 11) is 0. The van der Waals surface area contributed by atoms with Crippen LogP contribution >= 0.6 is 0 Å². The Labute approximate surface area is 360 Å². The zero-order chi connectivity index (χ0) is 42.4. The van der Waals surface area contributed by atoms with Crippen LogP contribution in [0.2, 0.25) is 0 Å². The van der Waals surface area contributed by atoms with Crippen molar-refractivity contribution in [2.24, 2.45) is 0 Å². The summed E-state index contributed by atoms with van der Waals surface area (Å²) in [6, 6.07) is -0.709. The van der Waals surface area contributed by atoms with Crippen molar-refractivity contribution in [2.75, 3.05) is 6.61 Å². The number of aliphatic hydroxyl groups excluding tert-OH is 2. The number of aliphatic hydroxyl groups is 2. The third kappa shape index (κ3) is 40.8. The van der Waals surface area contributed by atoms with Crippen molar-refractivity contribution in [3.05, 3.63) is 36.5 Å². The van der Waals surface area contributed by atoms with Gasteiger partial charge in [0.05, 0.1) is 25.2 Å². The summed E-state index contributed by atoms with van der Waals surface area (Å²) in [4.78, 5) is 26.1. The van der Waals surface area contributed by atoms with Crippen molar-refractivity contribution in [3.63, 3.8) is 0 Å².